The second kappa shape index (κ2) is 2.17. The highest BCUT2D eigenvalue weighted by molar-refractivity contribution is 5.60. The normalized spacial score (nSPS) is 21.6. The smallest absolute Gasteiger partial charge is 0.148 e. The molecule has 0 saturated heterocycles. The van der Waals surface area contributed by atoms with E-state index in [1.807, 2.05) is 24.8 Å². The van der Waals surface area contributed by atoms with Crippen molar-refractivity contribution >= 4 is 6.21 Å². The van der Waals surface area contributed by atoms with Crippen molar-refractivity contribution < 1.29 is 0 Å². The molecule has 0 fully saturated rings. The molecule has 2 rings (SSSR count). The molecule has 0 spiro atoms. The van der Waals surface area contributed by atoms with E-state index in [9.17, 15) is 0 Å². The molecule has 2 aliphatic heterocycles. The van der Waals surface area contributed by atoms with Crippen molar-refractivity contribution in [3.63, 3.8) is 0 Å². The number of hydrogen-bond acceptors (Lipinski definition) is 3. The lowest BCUT2D eigenvalue weighted by atomic mass is 10.3. The van der Waals surface area contributed by atoms with Crippen LogP contribution in [0.1, 0.15) is 6.42 Å². The molecule has 0 bridgehead atoms. The van der Waals surface area contributed by atoms with Gasteiger partial charge in [0.15, 0.2) is 0 Å². The topological polar surface area (TPSA) is 27.6 Å². The second-order valence-electron chi connectivity index (χ2n) is 2.28. The molecule has 2 heterocycles. The van der Waals surface area contributed by atoms with Crippen molar-refractivity contribution in [1.29, 1.82) is 0 Å². The molecular weight excluding hydrogens is 126 g/mol. The zero-order valence-corrected chi connectivity index (χ0v) is 5.62. The van der Waals surface area contributed by atoms with E-state index in [2.05, 4.69) is 15.2 Å². The summed E-state index contributed by atoms with van der Waals surface area (Å²) in [7, 11) is 0. The summed E-state index contributed by atoms with van der Waals surface area (Å²) in [5.41, 5.74) is 0. The lowest BCUT2D eigenvalue weighted by Crippen LogP contribution is -2.25. The third-order valence-electron chi connectivity index (χ3n) is 1.58. The Morgan fingerprint density at radius 2 is 2.60 bits per heavy atom. The lowest BCUT2D eigenvalue weighted by molar-refractivity contribution is 0.449. The number of nitrogens with one attached hydrogen (secondary N) is 1. The van der Waals surface area contributed by atoms with Crippen molar-refractivity contribution in [2.75, 3.05) is 6.54 Å². The minimum atomic E-state index is 1.01. The summed E-state index contributed by atoms with van der Waals surface area (Å²) in [6, 6.07) is 0. The monoisotopic (exact) mass is 135 g/mol. The highest BCUT2D eigenvalue weighted by atomic mass is 15.2. The largest absolute Gasteiger partial charge is 0.363 e. The maximum Gasteiger partial charge on any atom is 0.148 e. The Labute approximate surface area is 59.7 Å². The molecule has 0 aromatic rings. The van der Waals surface area contributed by atoms with Crippen LogP contribution in [0, 0.1) is 0 Å². The van der Waals surface area contributed by atoms with Crippen LogP contribution in [0.15, 0.2) is 29.4 Å². The van der Waals surface area contributed by atoms with Crippen LogP contribution in [-0.4, -0.2) is 17.7 Å². The Morgan fingerprint density at radius 1 is 1.60 bits per heavy atom. The third-order valence-corrected chi connectivity index (χ3v) is 1.58. The van der Waals surface area contributed by atoms with Crippen LogP contribution < -0.4 is 5.32 Å². The first-order valence-corrected chi connectivity index (χ1v) is 3.39. The molecule has 3 heteroatoms. The predicted molar refractivity (Wildman–Crippen MR) is 40.2 cm³/mol. The van der Waals surface area contributed by atoms with Gasteiger partial charge in [-0.2, -0.15) is 0 Å². The van der Waals surface area contributed by atoms with Gasteiger partial charge in [-0.15, -0.1) is 0 Å². The minimum absolute atomic E-state index is 1.01. The molecule has 10 heavy (non-hydrogen) atoms. The fourth-order valence-corrected chi connectivity index (χ4v) is 1.07. The van der Waals surface area contributed by atoms with Crippen LogP contribution in [0.4, 0.5) is 0 Å². The fraction of sp³-hybridized carbons (Fsp3) is 0.286. The van der Waals surface area contributed by atoms with Gasteiger partial charge in [-0.1, -0.05) is 0 Å². The standard InChI is InChI=1S/C7H9N3/c1-2-9-7-6-8-3-5-10(7)4-1/h2-3,5-6,8H,1,4H2. The van der Waals surface area contributed by atoms with Gasteiger partial charge in [0.2, 0.25) is 0 Å². The summed E-state index contributed by atoms with van der Waals surface area (Å²) in [4.78, 5) is 6.32. The van der Waals surface area contributed by atoms with Gasteiger partial charge < -0.3 is 10.2 Å². The molecular formula is C7H9N3. The van der Waals surface area contributed by atoms with Crippen molar-refractivity contribution in [3.05, 3.63) is 24.4 Å². The quantitative estimate of drug-likeness (QED) is 0.527. The zero-order chi connectivity index (χ0) is 6.81. The molecule has 1 N–H and O–H groups in total. The molecule has 0 aromatic heterocycles. The van der Waals surface area contributed by atoms with Gasteiger partial charge in [-0.25, -0.2) is 4.99 Å². The number of fused-ring (bicyclic) bond motifs is 1. The molecule has 0 aliphatic carbocycles. The lowest BCUT2D eigenvalue weighted by Gasteiger charge is -2.25. The zero-order valence-electron chi connectivity index (χ0n) is 5.62. The van der Waals surface area contributed by atoms with E-state index in [4.69, 9.17) is 0 Å². The average molecular weight is 135 g/mol. The third kappa shape index (κ3) is 0.795. The first-order valence-electron chi connectivity index (χ1n) is 3.39. The van der Waals surface area contributed by atoms with Crippen LogP contribution in [0.25, 0.3) is 0 Å². The molecule has 52 valence electrons. The summed E-state index contributed by atoms with van der Waals surface area (Å²) in [6.45, 7) is 1.05. The van der Waals surface area contributed by atoms with Gasteiger partial charge >= 0.3 is 0 Å². The van der Waals surface area contributed by atoms with E-state index >= 15 is 0 Å². The Morgan fingerprint density at radius 3 is 3.50 bits per heavy atom. The Hall–Kier alpha value is -1.25. The Bertz CT molecular complexity index is 215. The SMILES string of the molecule is C1=CN2CCC=NC2=CN1. The van der Waals surface area contributed by atoms with Gasteiger partial charge in [0.25, 0.3) is 0 Å². The van der Waals surface area contributed by atoms with Crippen LogP contribution in [0.2, 0.25) is 0 Å². The Kier molecular flexibility index (Phi) is 1.20. The molecule has 0 saturated carbocycles. The predicted octanol–water partition coefficient (Wildman–Crippen LogP) is 0.636. The highest BCUT2D eigenvalue weighted by Crippen LogP contribution is 2.12. The van der Waals surface area contributed by atoms with Crippen molar-refractivity contribution in [3.8, 4) is 0 Å². The van der Waals surface area contributed by atoms with Crippen LogP contribution in [0.5, 0.6) is 0 Å². The molecule has 0 atom stereocenters. The maximum absolute atomic E-state index is 4.20. The summed E-state index contributed by atoms with van der Waals surface area (Å²) in [5, 5.41) is 2.99. The van der Waals surface area contributed by atoms with Crippen molar-refractivity contribution in [2.45, 2.75) is 6.42 Å². The average Bonchev–Trinajstić information content (AvgIpc) is 2.05. The van der Waals surface area contributed by atoms with Crippen molar-refractivity contribution in [2.24, 2.45) is 4.99 Å². The number of hydrogen-bond donors (Lipinski definition) is 1. The number of rotatable bonds is 0. The molecule has 0 amide bonds. The summed E-state index contributed by atoms with van der Waals surface area (Å²) < 4.78 is 0. The van der Waals surface area contributed by atoms with Gasteiger partial charge in [-0.3, -0.25) is 0 Å². The van der Waals surface area contributed by atoms with E-state index in [0.29, 0.717) is 0 Å². The van der Waals surface area contributed by atoms with Gasteiger partial charge in [0.1, 0.15) is 5.82 Å². The first-order chi connectivity index (χ1) is 4.97. The summed E-state index contributed by atoms with van der Waals surface area (Å²) in [5.74, 6) is 1.01. The molecule has 0 unspecified atom stereocenters. The minimum Gasteiger partial charge on any atom is -0.363 e. The first kappa shape index (κ1) is 5.53. The van der Waals surface area contributed by atoms with E-state index in [1.165, 1.54) is 0 Å². The van der Waals surface area contributed by atoms with E-state index in [0.717, 1.165) is 18.8 Å². The molecule has 2 aliphatic rings. The van der Waals surface area contributed by atoms with Gasteiger partial charge in [0.05, 0.1) is 0 Å². The molecule has 3 nitrogen and oxygen atoms in total. The molecule has 0 aromatic carbocycles. The van der Waals surface area contributed by atoms with Gasteiger partial charge in [-0.05, 0) is 0 Å². The van der Waals surface area contributed by atoms with Crippen LogP contribution in [-0.2, 0) is 0 Å². The highest BCUT2D eigenvalue weighted by Gasteiger charge is 2.09. The van der Waals surface area contributed by atoms with E-state index in [1.54, 1.807) is 0 Å². The van der Waals surface area contributed by atoms with Crippen LogP contribution in [0.3, 0.4) is 0 Å². The Balaban J connectivity index is 2.26. The van der Waals surface area contributed by atoms with Crippen molar-refractivity contribution in [1.82, 2.24) is 10.2 Å². The molecule has 0 radical (unpaired) electrons. The number of nitrogens with zero attached hydrogens (tertiary/aromatic N) is 2. The van der Waals surface area contributed by atoms with E-state index in [-0.39, 0.29) is 0 Å². The summed E-state index contributed by atoms with van der Waals surface area (Å²) in [6.07, 6.45) is 8.80. The maximum atomic E-state index is 4.20. The fourth-order valence-electron chi connectivity index (χ4n) is 1.07. The second-order valence-corrected chi connectivity index (χ2v) is 2.28. The van der Waals surface area contributed by atoms with Crippen LogP contribution >= 0.6 is 0 Å². The van der Waals surface area contributed by atoms with E-state index < -0.39 is 0 Å². The number of aliphatic imine (C=N–C) groups is 1. The summed E-state index contributed by atoms with van der Waals surface area (Å²) >= 11 is 0. The van der Waals surface area contributed by atoms with Gasteiger partial charge in [0, 0.05) is 37.8 Å².